The first-order chi connectivity index (χ1) is 11.5. The van der Waals surface area contributed by atoms with Gasteiger partial charge in [0.05, 0.1) is 0 Å². The smallest absolute Gasteiger partial charge is 0.0411 e. The number of rotatable bonds is 4. The minimum Gasteiger partial charge on any atom is -0.386 e. The van der Waals surface area contributed by atoms with E-state index in [2.05, 4.69) is 11.9 Å². The van der Waals surface area contributed by atoms with Crippen LogP contribution in [0, 0.1) is 12.3 Å². The topological polar surface area (TPSA) is 35.9 Å². The molecule has 1 aliphatic rings. The fourth-order valence-electron chi connectivity index (χ4n) is 3.21. The highest BCUT2D eigenvalue weighted by molar-refractivity contribution is 6.30. The van der Waals surface area contributed by atoms with Gasteiger partial charge in [0.1, 0.15) is 0 Å². The molecule has 3 heteroatoms. The van der Waals surface area contributed by atoms with Gasteiger partial charge in [0.15, 0.2) is 0 Å². The van der Waals surface area contributed by atoms with Gasteiger partial charge in [0.2, 0.25) is 0 Å². The summed E-state index contributed by atoms with van der Waals surface area (Å²) in [6.45, 7) is 16.0. The molecule has 0 atom stereocenters. The number of halogens is 1. The van der Waals surface area contributed by atoms with Crippen molar-refractivity contribution in [2.24, 2.45) is 0 Å². The van der Waals surface area contributed by atoms with E-state index < -0.39 is 0 Å². The lowest BCUT2D eigenvalue weighted by Crippen LogP contribution is -2.31. The van der Waals surface area contributed by atoms with Crippen molar-refractivity contribution in [3.05, 3.63) is 46.1 Å². The van der Waals surface area contributed by atoms with Gasteiger partial charge in [0, 0.05) is 23.0 Å². The largest absolute Gasteiger partial charge is 0.386 e. The predicted molar refractivity (Wildman–Crippen MR) is 110 cm³/mol. The van der Waals surface area contributed by atoms with Crippen molar-refractivity contribution in [2.75, 3.05) is 0 Å². The molecule has 0 amide bonds. The van der Waals surface area contributed by atoms with Crippen LogP contribution in [0.1, 0.15) is 82.9 Å². The molecular formula is C21H35ClN2. The molecule has 2 N–H and O–H groups in total. The number of hydrogen-bond donors (Lipinski definition) is 2. The average Bonchev–Trinajstić information content (AvgIpc) is 2.58. The third-order valence-electron chi connectivity index (χ3n) is 4.15. The summed E-state index contributed by atoms with van der Waals surface area (Å²) in [6, 6.07) is 4.54. The highest BCUT2D eigenvalue weighted by atomic mass is 35.5. The molecular weight excluding hydrogens is 316 g/mol. The van der Waals surface area contributed by atoms with E-state index in [-0.39, 0.29) is 0 Å². The molecule has 1 aromatic rings. The number of aryl methyl sites for hydroxylation is 1. The maximum Gasteiger partial charge on any atom is 0.0411 e. The lowest BCUT2D eigenvalue weighted by Gasteiger charge is -2.31. The number of nitrogens with one attached hydrogen (secondary N) is 2. The summed E-state index contributed by atoms with van der Waals surface area (Å²) in [4.78, 5) is 0. The second-order valence-corrected chi connectivity index (χ2v) is 6.28. The van der Waals surface area contributed by atoms with Crippen LogP contribution in [-0.2, 0) is 0 Å². The monoisotopic (exact) mass is 350 g/mol. The van der Waals surface area contributed by atoms with E-state index in [9.17, 15) is 0 Å². The van der Waals surface area contributed by atoms with Gasteiger partial charge in [-0.05, 0) is 74.3 Å². The number of benzene rings is 1. The van der Waals surface area contributed by atoms with Gasteiger partial charge in [0.25, 0.3) is 0 Å². The SMILES string of the molecule is C=C(C)NC1CCC(c2cc(Cl)cc(C)c2C=N)CC1.CC.CC. The zero-order valence-corrected chi connectivity index (χ0v) is 17.1. The molecule has 0 bridgehead atoms. The van der Waals surface area contributed by atoms with Crippen LogP contribution in [0.25, 0.3) is 0 Å². The summed E-state index contributed by atoms with van der Waals surface area (Å²) in [5, 5.41) is 11.9. The highest BCUT2D eigenvalue weighted by Gasteiger charge is 2.24. The van der Waals surface area contributed by atoms with Crippen molar-refractivity contribution in [1.29, 1.82) is 5.41 Å². The van der Waals surface area contributed by atoms with Crippen LogP contribution in [0.2, 0.25) is 5.02 Å². The Hall–Kier alpha value is -1.28. The molecule has 0 aromatic heterocycles. The van der Waals surface area contributed by atoms with Gasteiger partial charge in [-0.15, -0.1) is 0 Å². The lowest BCUT2D eigenvalue weighted by atomic mass is 9.79. The molecule has 1 aliphatic carbocycles. The van der Waals surface area contributed by atoms with Gasteiger partial charge in [-0.3, -0.25) is 0 Å². The van der Waals surface area contributed by atoms with Crippen molar-refractivity contribution in [3.8, 4) is 0 Å². The Balaban J connectivity index is 0.00000123. The van der Waals surface area contributed by atoms with E-state index >= 15 is 0 Å². The van der Waals surface area contributed by atoms with Gasteiger partial charge in [-0.2, -0.15) is 0 Å². The second-order valence-electron chi connectivity index (χ2n) is 5.84. The molecule has 0 spiro atoms. The Kier molecular flexibility index (Phi) is 11.5. The fourth-order valence-corrected chi connectivity index (χ4v) is 3.49. The molecule has 1 fully saturated rings. The summed E-state index contributed by atoms with van der Waals surface area (Å²) >= 11 is 6.20. The van der Waals surface area contributed by atoms with Crippen LogP contribution in [0.15, 0.2) is 24.4 Å². The van der Waals surface area contributed by atoms with Crippen LogP contribution in [0.4, 0.5) is 0 Å². The standard InChI is InChI=1S/C17H23ClN2.2C2H6/c1-11(2)20-15-6-4-13(5-7-15)16-9-14(18)8-12(3)17(16)10-19;2*1-2/h8-10,13,15,19-20H,1,4-7H2,2-3H3;2*1-2H3. The summed E-state index contributed by atoms with van der Waals surface area (Å²) in [5.74, 6) is 0.521. The molecule has 0 unspecified atom stereocenters. The van der Waals surface area contributed by atoms with Gasteiger partial charge in [-0.1, -0.05) is 45.9 Å². The summed E-state index contributed by atoms with van der Waals surface area (Å²) < 4.78 is 0. The third-order valence-corrected chi connectivity index (χ3v) is 4.36. The first-order valence-corrected chi connectivity index (χ1v) is 9.61. The van der Waals surface area contributed by atoms with E-state index in [1.807, 2.05) is 53.7 Å². The van der Waals surface area contributed by atoms with Crippen LogP contribution >= 0.6 is 11.6 Å². The minimum absolute atomic E-state index is 0.521. The molecule has 0 heterocycles. The molecule has 136 valence electrons. The van der Waals surface area contributed by atoms with Crippen molar-refractivity contribution in [3.63, 3.8) is 0 Å². The average molecular weight is 351 g/mol. The Morgan fingerprint density at radius 3 is 2.17 bits per heavy atom. The van der Waals surface area contributed by atoms with Gasteiger partial charge >= 0.3 is 0 Å². The van der Waals surface area contributed by atoms with Crippen LogP contribution in [0.5, 0.6) is 0 Å². The molecule has 0 saturated heterocycles. The maximum atomic E-state index is 7.65. The van der Waals surface area contributed by atoms with Gasteiger partial charge in [-0.25, -0.2) is 0 Å². The molecule has 1 saturated carbocycles. The van der Waals surface area contributed by atoms with E-state index in [0.29, 0.717) is 12.0 Å². The van der Waals surface area contributed by atoms with Crippen LogP contribution in [-0.4, -0.2) is 12.3 Å². The first-order valence-electron chi connectivity index (χ1n) is 9.23. The van der Waals surface area contributed by atoms with Gasteiger partial charge < -0.3 is 10.7 Å². The van der Waals surface area contributed by atoms with E-state index in [1.54, 1.807) is 0 Å². The first kappa shape index (κ1) is 22.7. The van der Waals surface area contributed by atoms with E-state index in [4.69, 9.17) is 17.0 Å². The molecule has 2 rings (SSSR count). The summed E-state index contributed by atoms with van der Waals surface area (Å²) in [7, 11) is 0. The Bertz CT molecular complexity index is 515. The van der Waals surface area contributed by atoms with Crippen molar-refractivity contribution in [1.82, 2.24) is 5.32 Å². The zero-order chi connectivity index (χ0) is 18.7. The zero-order valence-electron chi connectivity index (χ0n) is 16.3. The quantitative estimate of drug-likeness (QED) is 0.572. The maximum absolute atomic E-state index is 7.65. The molecule has 24 heavy (non-hydrogen) atoms. The Labute approximate surface area is 154 Å². The van der Waals surface area contributed by atoms with Crippen molar-refractivity contribution < 1.29 is 0 Å². The van der Waals surface area contributed by atoms with Crippen LogP contribution < -0.4 is 5.32 Å². The van der Waals surface area contributed by atoms with E-state index in [1.165, 1.54) is 11.8 Å². The predicted octanol–water partition coefficient (Wildman–Crippen LogP) is 6.85. The molecule has 1 aromatic carbocycles. The number of hydrogen-bond acceptors (Lipinski definition) is 2. The Morgan fingerprint density at radius 1 is 1.17 bits per heavy atom. The van der Waals surface area contributed by atoms with Crippen molar-refractivity contribution >= 4 is 17.8 Å². The molecule has 0 aliphatic heterocycles. The van der Waals surface area contributed by atoms with Crippen molar-refractivity contribution in [2.45, 2.75) is 79.2 Å². The normalized spacial score (nSPS) is 19.1. The third kappa shape index (κ3) is 6.68. The summed E-state index contributed by atoms with van der Waals surface area (Å²) in [6.07, 6.45) is 6.07. The second kappa shape index (κ2) is 12.1. The molecule has 2 nitrogen and oxygen atoms in total. The number of allylic oxidation sites excluding steroid dienone is 1. The Morgan fingerprint density at radius 2 is 1.71 bits per heavy atom. The summed E-state index contributed by atoms with van der Waals surface area (Å²) in [5.41, 5.74) is 4.45. The fraction of sp³-hybridized carbons (Fsp3) is 0.571. The lowest BCUT2D eigenvalue weighted by molar-refractivity contribution is 0.361. The van der Waals surface area contributed by atoms with Crippen LogP contribution in [0.3, 0.4) is 0 Å². The minimum atomic E-state index is 0.521. The highest BCUT2D eigenvalue weighted by Crippen LogP contribution is 2.36. The molecule has 0 radical (unpaired) electrons. The van der Waals surface area contributed by atoms with E-state index in [0.717, 1.165) is 47.5 Å².